The maximum Gasteiger partial charge on any atom is 0.326 e. The van der Waals surface area contributed by atoms with Crippen LogP contribution < -0.4 is 9.47 Å². The Morgan fingerprint density at radius 2 is 1.88 bits per heavy atom. The predicted octanol–water partition coefficient (Wildman–Crippen LogP) is 6.52. The topological polar surface area (TPSA) is 76.1 Å². The number of carboxylic acids is 1. The lowest BCUT2D eigenvalue weighted by atomic mass is 10.0. The van der Waals surface area contributed by atoms with E-state index >= 15 is 0 Å². The van der Waals surface area contributed by atoms with Crippen molar-refractivity contribution in [1.82, 2.24) is 4.90 Å². The summed E-state index contributed by atoms with van der Waals surface area (Å²) in [6.07, 6.45) is 9.24. The van der Waals surface area contributed by atoms with Gasteiger partial charge in [0.25, 0.3) is 5.91 Å². The number of aliphatic carboxylic acids is 1. The van der Waals surface area contributed by atoms with Gasteiger partial charge in [-0.25, -0.2) is 4.79 Å². The van der Waals surface area contributed by atoms with Crippen molar-refractivity contribution in [3.8, 4) is 11.5 Å². The first-order valence-corrected chi connectivity index (χ1v) is 13.2. The number of hydrogen-bond donors (Lipinski definition) is 1. The van der Waals surface area contributed by atoms with Crippen LogP contribution in [0.15, 0.2) is 23.1 Å². The number of unbranched alkanes of at least 4 members (excludes halogenated alkanes) is 4. The molecule has 8 heteroatoms. The van der Waals surface area contributed by atoms with Crippen molar-refractivity contribution in [1.29, 1.82) is 0 Å². The minimum absolute atomic E-state index is 0.0755. The van der Waals surface area contributed by atoms with Crippen LogP contribution in [0.5, 0.6) is 11.5 Å². The second kappa shape index (κ2) is 13.7. The highest BCUT2D eigenvalue weighted by molar-refractivity contribution is 8.26. The quantitative estimate of drug-likeness (QED) is 0.174. The number of nitrogens with zero attached hydrogens (tertiary/aromatic N) is 1. The van der Waals surface area contributed by atoms with Gasteiger partial charge in [0.1, 0.15) is 10.4 Å². The van der Waals surface area contributed by atoms with Crippen molar-refractivity contribution < 1.29 is 24.2 Å². The molecule has 0 spiro atoms. The molecule has 1 saturated heterocycles. The van der Waals surface area contributed by atoms with Gasteiger partial charge < -0.3 is 14.6 Å². The van der Waals surface area contributed by atoms with E-state index in [0.717, 1.165) is 30.2 Å². The second-order valence-electron chi connectivity index (χ2n) is 9.08. The Morgan fingerprint density at radius 1 is 1.18 bits per heavy atom. The van der Waals surface area contributed by atoms with Crippen LogP contribution in [0.4, 0.5) is 0 Å². The third kappa shape index (κ3) is 8.01. The average molecular weight is 508 g/mol. The Hall–Kier alpha value is -2.06. The summed E-state index contributed by atoms with van der Waals surface area (Å²) in [5.41, 5.74) is 0.757. The van der Waals surface area contributed by atoms with E-state index in [4.69, 9.17) is 21.7 Å². The molecule has 1 amide bonds. The molecular formula is C26H37NO5S2. The van der Waals surface area contributed by atoms with Crippen molar-refractivity contribution in [2.45, 2.75) is 84.8 Å². The zero-order chi connectivity index (χ0) is 25.3. The highest BCUT2D eigenvalue weighted by atomic mass is 32.2. The molecule has 0 radical (unpaired) electrons. The summed E-state index contributed by atoms with van der Waals surface area (Å²) in [4.78, 5) is 26.4. The van der Waals surface area contributed by atoms with Gasteiger partial charge in [-0.3, -0.25) is 9.69 Å². The van der Waals surface area contributed by atoms with E-state index in [1.807, 2.05) is 32.0 Å². The smallest absolute Gasteiger partial charge is 0.326 e. The van der Waals surface area contributed by atoms with Crippen LogP contribution in [0, 0.1) is 5.92 Å². The van der Waals surface area contributed by atoms with Gasteiger partial charge in [0.15, 0.2) is 11.5 Å². The molecule has 1 heterocycles. The molecule has 188 valence electrons. The Kier molecular flexibility index (Phi) is 11.4. The fourth-order valence-corrected chi connectivity index (χ4v) is 5.20. The Labute approximate surface area is 213 Å². The van der Waals surface area contributed by atoms with Crippen LogP contribution in [0.2, 0.25) is 0 Å². The molecule has 1 fully saturated rings. The van der Waals surface area contributed by atoms with Crippen LogP contribution in [0.25, 0.3) is 6.08 Å². The molecule has 1 aromatic rings. The zero-order valence-corrected chi connectivity index (χ0v) is 22.5. The molecule has 6 nitrogen and oxygen atoms in total. The monoisotopic (exact) mass is 507 g/mol. The molecule has 0 aliphatic carbocycles. The van der Waals surface area contributed by atoms with Gasteiger partial charge in [-0.1, -0.05) is 76.5 Å². The summed E-state index contributed by atoms with van der Waals surface area (Å²) in [5.74, 6) is -0.0559. The summed E-state index contributed by atoms with van der Waals surface area (Å²) < 4.78 is 11.9. The number of hydrogen-bond acceptors (Lipinski definition) is 6. The maximum absolute atomic E-state index is 13.0. The molecular weight excluding hydrogens is 470 g/mol. The molecule has 0 aromatic heterocycles. The van der Waals surface area contributed by atoms with E-state index in [2.05, 4.69) is 13.8 Å². The van der Waals surface area contributed by atoms with Gasteiger partial charge in [-0.2, -0.15) is 0 Å². The van der Waals surface area contributed by atoms with Crippen LogP contribution in [0.3, 0.4) is 0 Å². The Bertz CT molecular complexity index is 899. The predicted molar refractivity (Wildman–Crippen MR) is 142 cm³/mol. The largest absolute Gasteiger partial charge is 0.493 e. The van der Waals surface area contributed by atoms with Crippen LogP contribution in [-0.2, 0) is 9.59 Å². The molecule has 1 aliphatic rings. The summed E-state index contributed by atoms with van der Waals surface area (Å²) >= 11 is 6.48. The number of ether oxygens (including phenoxy) is 2. The van der Waals surface area contributed by atoms with Gasteiger partial charge in [0.05, 0.1) is 18.1 Å². The molecule has 1 aromatic carbocycles. The number of rotatable bonds is 14. The second-order valence-corrected chi connectivity index (χ2v) is 10.8. The lowest BCUT2D eigenvalue weighted by Gasteiger charge is -2.24. The third-order valence-corrected chi connectivity index (χ3v) is 6.97. The molecule has 1 aliphatic heterocycles. The molecule has 2 atom stereocenters. The van der Waals surface area contributed by atoms with Crippen LogP contribution >= 0.6 is 24.0 Å². The number of carbonyl (C=O) groups excluding carboxylic acids is 1. The minimum atomic E-state index is -1.05. The molecule has 0 bridgehead atoms. The molecule has 0 unspecified atom stereocenters. The van der Waals surface area contributed by atoms with Crippen molar-refractivity contribution in [3.63, 3.8) is 0 Å². The minimum Gasteiger partial charge on any atom is -0.493 e. The fourth-order valence-electron chi connectivity index (χ4n) is 3.85. The summed E-state index contributed by atoms with van der Waals surface area (Å²) in [7, 11) is 1.59. The first-order chi connectivity index (χ1) is 16.2. The van der Waals surface area contributed by atoms with Gasteiger partial charge in [-0.05, 0) is 55.9 Å². The molecule has 0 saturated carbocycles. The maximum atomic E-state index is 13.0. The Morgan fingerprint density at radius 3 is 2.50 bits per heavy atom. The number of thiocarbonyl (C=S) groups is 1. The first kappa shape index (κ1) is 28.2. The number of benzene rings is 1. The standard InChI is InChI=1S/C26H37NO5S2/c1-6-7-8-9-10-11-18(4)32-21-13-12-19(15-22(21)31-5)16-23-24(28)27(26(33)34-23)20(25(29)30)14-17(2)3/h12-13,15-18,20H,6-11,14H2,1-5H3,(H,29,30)/b23-16+/t18-,20+/m1/s1. The molecule has 34 heavy (non-hydrogen) atoms. The molecule has 1 N–H and O–H groups in total. The Balaban J connectivity index is 2.11. The van der Waals surface area contributed by atoms with Gasteiger partial charge >= 0.3 is 5.97 Å². The molecule has 2 rings (SSSR count). The summed E-state index contributed by atoms with van der Waals surface area (Å²) in [5, 5.41) is 9.64. The zero-order valence-electron chi connectivity index (χ0n) is 20.8. The van der Waals surface area contributed by atoms with E-state index in [1.165, 1.54) is 30.6 Å². The summed E-state index contributed by atoms with van der Waals surface area (Å²) in [6.45, 7) is 8.12. The fraction of sp³-hybridized carbons (Fsp3) is 0.577. The lowest BCUT2D eigenvalue weighted by molar-refractivity contribution is -0.145. The van der Waals surface area contributed by atoms with Gasteiger partial charge in [-0.15, -0.1) is 0 Å². The number of thioether (sulfide) groups is 1. The van der Waals surface area contributed by atoms with Crippen molar-refractivity contribution >= 4 is 46.3 Å². The van der Waals surface area contributed by atoms with Gasteiger partial charge in [0.2, 0.25) is 0 Å². The van der Waals surface area contributed by atoms with E-state index < -0.39 is 12.0 Å². The number of carboxylic acid groups (broad SMARTS) is 1. The third-order valence-electron chi connectivity index (χ3n) is 5.64. The number of amides is 1. The van der Waals surface area contributed by atoms with E-state index in [9.17, 15) is 14.7 Å². The highest BCUT2D eigenvalue weighted by Gasteiger charge is 2.40. The van der Waals surface area contributed by atoms with Crippen molar-refractivity contribution in [2.75, 3.05) is 7.11 Å². The van der Waals surface area contributed by atoms with Crippen molar-refractivity contribution in [3.05, 3.63) is 28.7 Å². The highest BCUT2D eigenvalue weighted by Crippen LogP contribution is 2.37. The van der Waals surface area contributed by atoms with Crippen LogP contribution in [-0.4, -0.2) is 45.5 Å². The lowest BCUT2D eigenvalue weighted by Crippen LogP contribution is -2.44. The SMILES string of the molecule is CCCCCCC[C@@H](C)Oc1ccc(/C=C2/SC(=S)N([C@@H](CC(C)C)C(=O)O)C2=O)cc1OC. The number of carbonyl (C=O) groups is 2. The van der Waals surface area contributed by atoms with Gasteiger partial charge in [0, 0.05) is 0 Å². The normalized spacial score (nSPS) is 16.9. The number of methoxy groups -OCH3 is 1. The summed E-state index contributed by atoms with van der Waals surface area (Å²) in [6, 6.07) is 4.56. The first-order valence-electron chi connectivity index (χ1n) is 12.0. The van der Waals surface area contributed by atoms with Crippen LogP contribution in [0.1, 0.15) is 78.2 Å². The average Bonchev–Trinajstić information content (AvgIpc) is 3.05. The van der Waals surface area contributed by atoms with E-state index in [0.29, 0.717) is 22.8 Å². The van der Waals surface area contributed by atoms with E-state index in [-0.39, 0.29) is 22.2 Å². The van der Waals surface area contributed by atoms with E-state index in [1.54, 1.807) is 13.2 Å². The van der Waals surface area contributed by atoms with Crippen molar-refractivity contribution in [2.24, 2.45) is 5.92 Å².